The molecule has 0 spiro atoms. The van der Waals surface area contributed by atoms with Crippen LogP contribution in [-0.2, 0) is 11.2 Å². The molecular formula is C14H21ClN2O2. The van der Waals surface area contributed by atoms with Crippen molar-refractivity contribution in [1.82, 2.24) is 5.32 Å². The van der Waals surface area contributed by atoms with Gasteiger partial charge in [0.1, 0.15) is 5.75 Å². The van der Waals surface area contributed by atoms with Crippen LogP contribution in [0.15, 0.2) is 18.2 Å². The zero-order valence-electron chi connectivity index (χ0n) is 11.4. The smallest absolute Gasteiger partial charge is 0.258 e. The maximum Gasteiger partial charge on any atom is 0.258 e. The highest BCUT2D eigenvalue weighted by Crippen LogP contribution is 2.28. The van der Waals surface area contributed by atoms with E-state index in [9.17, 15) is 4.79 Å². The third-order valence-electron chi connectivity index (χ3n) is 2.83. The van der Waals surface area contributed by atoms with Gasteiger partial charge in [-0.3, -0.25) is 4.79 Å². The first-order valence-electron chi connectivity index (χ1n) is 6.48. The van der Waals surface area contributed by atoms with E-state index in [2.05, 4.69) is 5.32 Å². The van der Waals surface area contributed by atoms with Crippen molar-refractivity contribution < 1.29 is 9.53 Å². The van der Waals surface area contributed by atoms with Gasteiger partial charge in [0.2, 0.25) is 0 Å². The lowest BCUT2D eigenvalue weighted by molar-refractivity contribution is -0.123. The van der Waals surface area contributed by atoms with Crippen LogP contribution in [0.2, 0.25) is 5.02 Å². The molecule has 0 aromatic heterocycles. The van der Waals surface area contributed by atoms with Gasteiger partial charge in [-0.25, -0.2) is 0 Å². The van der Waals surface area contributed by atoms with E-state index >= 15 is 0 Å². The number of carbonyl (C=O) groups excluding carboxylic acids is 1. The number of ether oxygens (including phenoxy) is 1. The van der Waals surface area contributed by atoms with Crippen LogP contribution >= 0.6 is 11.6 Å². The summed E-state index contributed by atoms with van der Waals surface area (Å²) >= 11 is 6.08. The van der Waals surface area contributed by atoms with Gasteiger partial charge in [-0.05, 0) is 37.9 Å². The Hall–Kier alpha value is -1.26. The van der Waals surface area contributed by atoms with Crippen LogP contribution in [0.5, 0.6) is 5.75 Å². The van der Waals surface area contributed by atoms with Crippen LogP contribution in [0.4, 0.5) is 0 Å². The SMILES string of the molecule is CCC(C)NC(=O)COc1c(Cl)cccc1CCN. The Morgan fingerprint density at radius 2 is 2.26 bits per heavy atom. The van der Waals surface area contributed by atoms with Gasteiger partial charge in [-0.15, -0.1) is 0 Å². The predicted octanol–water partition coefficient (Wildman–Crippen LogP) is 2.13. The molecule has 0 aliphatic heterocycles. The molecule has 0 heterocycles. The van der Waals surface area contributed by atoms with Gasteiger partial charge in [0.15, 0.2) is 6.61 Å². The Morgan fingerprint density at radius 3 is 2.89 bits per heavy atom. The van der Waals surface area contributed by atoms with Gasteiger partial charge in [0.05, 0.1) is 5.02 Å². The monoisotopic (exact) mass is 284 g/mol. The fourth-order valence-corrected chi connectivity index (χ4v) is 1.87. The summed E-state index contributed by atoms with van der Waals surface area (Å²) in [4.78, 5) is 11.7. The molecule has 0 bridgehead atoms. The van der Waals surface area contributed by atoms with E-state index in [-0.39, 0.29) is 18.6 Å². The van der Waals surface area contributed by atoms with Crippen LogP contribution in [0.3, 0.4) is 0 Å². The summed E-state index contributed by atoms with van der Waals surface area (Å²) in [6, 6.07) is 5.63. The van der Waals surface area contributed by atoms with E-state index in [1.807, 2.05) is 26.0 Å². The summed E-state index contributed by atoms with van der Waals surface area (Å²) in [7, 11) is 0. The normalized spacial score (nSPS) is 12.0. The summed E-state index contributed by atoms with van der Waals surface area (Å²) in [5.74, 6) is 0.405. The molecule has 3 N–H and O–H groups in total. The molecule has 1 rings (SSSR count). The zero-order chi connectivity index (χ0) is 14.3. The minimum absolute atomic E-state index is 0.0361. The molecule has 0 saturated heterocycles. The van der Waals surface area contributed by atoms with Gasteiger partial charge in [0.25, 0.3) is 5.91 Å². The maximum absolute atomic E-state index is 11.7. The molecule has 0 saturated carbocycles. The molecule has 0 radical (unpaired) electrons. The van der Waals surface area contributed by atoms with Crippen molar-refractivity contribution in [2.75, 3.05) is 13.2 Å². The van der Waals surface area contributed by atoms with Crippen molar-refractivity contribution in [2.45, 2.75) is 32.7 Å². The standard InChI is InChI=1S/C14H21ClN2O2/c1-3-10(2)17-13(18)9-19-14-11(7-8-16)5-4-6-12(14)15/h4-6,10H,3,7-9,16H2,1-2H3,(H,17,18). The number of hydrogen-bond acceptors (Lipinski definition) is 3. The summed E-state index contributed by atoms with van der Waals surface area (Å²) in [6.45, 7) is 4.44. The van der Waals surface area contributed by atoms with Crippen LogP contribution in [-0.4, -0.2) is 25.1 Å². The van der Waals surface area contributed by atoms with Crippen LogP contribution in [0.25, 0.3) is 0 Å². The summed E-state index contributed by atoms with van der Waals surface area (Å²) in [5, 5.41) is 3.34. The molecule has 106 valence electrons. The molecule has 0 aliphatic rings. The van der Waals surface area contributed by atoms with E-state index in [4.69, 9.17) is 22.1 Å². The zero-order valence-corrected chi connectivity index (χ0v) is 12.2. The second-order valence-electron chi connectivity index (χ2n) is 4.43. The van der Waals surface area contributed by atoms with Gasteiger partial charge in [0, 0.05) is 6.04 Å². The molecule has 5 heteroatoms. The minimum atomic E-state index is -0.145. The molecule has 19 heavy (non-hydrogen) atoms. The lowest BCUT2D eigenvalue weighted by atomic mass is 10.1. The second kappa shape index (κ2) is 8.02. The molecule has 1 aromatic carbocycles. The van der Waals surface area contributed by atoms with E-state index < -0.39 is 0 Å². The number of nitrogens with one attached hydrogen (secondary N) is 1. The first-order valence-corrected chi connectivity index (χ1v) is 6.85. The number of rotatable bonds is 7. The predicted molar refractivity (Wildman–Crippen MR) is 77.6 cm³/mol. The first-order chi connectivity index (χ1) is 9.08. The van der Waals surface area contributed by atoms with Gasteiger partial charge in [-0.1, -0.05) is 30.7 Å². The Bertz CT molecular complexity index is 424. The Kier molecular flexibility index (Phi) is 6.67. The number of carbonyl (C=O) groups is 1. The fraction of sp³-hybridized carbons (Fsp3) is 0.500. The molecule has 0 aliphatic carbocycles. The molecule has 1 unspecified atom stereocenters. The van der Waals surface area contributed by atoms with E-state index in [0.29, 0.717) is 23.7 Å². The lowest BCUT2D eigenvalue weighted by Crippen LogP contribution is -2.35. The van der Waals surface area contributed by atoms with Gasteiger partial charge < -0.3 is 15.8 Å². The quantitative estimate of drug-likeness (QED) is 0.806. The van der Waals surface area contributed by atoms with Crippen LogP contribution in [0, 0.1) is 0 Å². The Balaban J connectivity index is 2.64. The number of amides is 1. The molecule has 1 aromatic rings. The molecule has 0 fully saturated rings. The molecular weight excluding hydrogens is 264 g/mol. The highest BCUT2D eigenvalue weighted by Gasteiger charge is 2.11. The Morgan fingerprint density at radius 1 is 1.53 bits per heavy atom. The number of halogens is 1. The second-order valence-corrected chi connectivity index (χ2v) is 4.84. The highest BCUT2D eigenvalue weighted by atomic mass is 35.5. The van der Waals surface area contributed by atoms with Crippen molar-refractivity contribution >= 4 is 17.5 Å². The number of para-hydroxylation sites is 1. The van der Waals surface area contributed by atoms with Crippen LogP contribution in [0.1, 0.15) is 25.8 Å². The number of benzene rings is 1. The fourth-order valence-electron chi connectivity index (χ4n) is 1.62. The van der Waals surface area contributed by atoms with E-state index in [0.717, 1.165) is 12.0 Å². The minimum Gasteiger partial charge on any atom is -0.482 e. The summed E-state index contributed by atoms with van der Waals surface area (Å²) < 4.78 is 5.53. The summed E-state index contributed by atoms with van der Waals surface area (Å²) in [6.07, 6.45) is 1.55. The number of hydrogen-bond donors (Lipinski definition) is 2. The van der Waals surface area contributed by atoms with Crippen molar-refractivity contribution in [2.24, 2.45) is 5.73 Å². The van der Waals surface area contributed by atoms with Crippen LogP contribution < -0.4 is 15.8 Å². The molecule has 1 amide bonds. The van der Waals surface area contributed by atoms with E-state index in [1.165, 1.54) is 0 Å². The number of nitrogens with two attached hydrogens (primary N) is 1. The van der Waals surface area contributed by atoms with Crippen molar-refractivity contribution in [3.63, 3.8) is 0 Å². The largest absolute Gasteiger partial charge is 0.482 e. The van der Waals surface area contributed by atoms with Crippen molar-refractivity contribution in [3.8, 4) is 5.75 Å². The molecule has 1 atom stereocenters. The maximum atomic E-state index is 11.7. The highest BCUT2D eigenvalue weighted by molar-refractivity contribution is 6.32. The van der Waals surface area contributed by atoms with Gasteiger partial charge in [-0.2, -0.15) is 0 Å². The third kappa shape index (κ3) is 5.09. The Labute approximate surface area is 119 Å². The first kappa shape index (κ1) is 15.8. The average Bonchev–Trinajstić information content (AvgIpc) is 2.38. The third-order valence-corrected chi connectivity index (χ3v) is 3.13. The lowest BCUT2D eigenvalue weighted by Gasteiger charge is -2.14. The van der Waals surface area contributed by atoms with Crippen molar-refractivity contribution in [1.29, 1.82) is 0 Å². The van der Waals surface area contributed by atoms with Crippen molar-refractivity contribution in [3.05, 3.63) is 28.8 Å². The van der Waals surface area contributed by atoms with Gasteiger partial charge >= 0.3 is 0 Å². The topological polar surface area (TPSA) is 64.3 Å². The molecule has 4 nitrogen and oxygen atoms in total. The summed E-state index contributed by atoms with van der Waals surface area (Å²) in [5.41, 5.74) is 6.46. The average molecular weight is 285 g/mol. The van der Waals surface area contributed by atoms with E-state index in [1.54, 1.807) is 6.07 Å².